The lowest BCUT2D eigenvalue weighted by atomic mass is 10.1. The lowest BCUT2D eigenvalue weighted by Gasteiger charge is -2.07. The summed E-state index contributed by atoms with van der Waals surface area (Å²) in [7, 11) is 0. The largest absolute Gasteiger partial charge is 0.477 e. The molecule has 0 aliphatic heterocycles. The zero-order chi connectivity index (χ0) is 15.7. The molecule has 110 valence electrons. The summed E-state index contributed by atoms with van der Waals surface area (Å²) in [5.41, 5.74) is 3.24. The predicted molar refractivity (Wildman–Crippen MR) is 85.7 cm³/mol. The van der Waals surface area contributed by atoms with Gasteiger partial charge in [-0.1, -0.05) is 41.9 Å². The zero-order valence-corrected chi connectivity index (χ0v) is 12.6. The predicted octanol–water partition coefficient (Wildman–Crippen LogP) is 4.20. The Bertz CT molecular complexity index is 838. The summed E-state index contributed by atoms with van der Waals surface area (Å²) in [6.07, 6.45) is 0. The molecular weight excluding hydrogens is 300 g/mol. The lowest BCUT2D eigenvalue weighted by molar-refractivity contribution is 0.0687. The number of halogens is 1. The van der Waals surface area contributed by atoms with Gasteiger partial charge >= 0.3 is 5.97 Å². The first-order valence-corrected chi connectivity index (χ1v) is 7.09. The number of carboxylic acids is 1. The van der Waals surface area contributed by atoms with E-state index in [1.807, 2.05) is 43.3 Å². The van der Waals surface area contributed by atoms with Crippen LogP contribution in [0.2, 0.25) is 5.02 Å². The van der Waals surface area contributed by atoms with Gasteiger partial charge in [-0.05, 0) is 36.8 Å². The summed E-state index contributed by atoms with van der Waals surface area (Å²) in [5.74, 6) is -1.02. The highest BCUT2D eigenvalue weighted by molar-refractivity contribution is 6.30. The van der Waals surface area contributed by atoms with Gasteiger partial charge in [-0.2, -0.15) is 5.10 Å². The lowest BCUT2D eigenvalue weighted by Crippen LogP contribution is -2.08. The van der Waals surface area contributed by atoms with Crippen LogP contribution in [0.25, 0.3) is 16.9 Å². The molecular formula is C17H13ClN2O2. The van der Waals surface area contributed by atoms with Crippen molar-refractivity contribution in [2.75, 3.05) is 0 Å². The van der Waals surface area contributed by atoms with E-state index in [0.29, 0.717) is 10.7 Å². The number of rotatable bonds is 3. The first-order chi connectivity index (χ1) is 10.6. The second-order valence-electron chi connectivity index (χ2n) is 4.93. The summed E-state index contributed by atoms with van der Waals surface area (Å²) < 4.78 is 1.46. The Morgan fingerprint density at radius 3 is 2.45 bits per heavy atom. The Morgan fingerprint density at radius 1 is 1.14 bits per heavy atom. The van der Waals surface area contributed by atoms with Crippen LogP contribution in [-0.2, 0) is 0 Å². The number of hydrogen-bond donors (Lipinski definition) is 1. The van der Waals surface area contributed by atoms with Gasteiger partial charge in [-0.25, -0.2) is 9.48 Å². The van der Waals surface area contributed by atoms with E-state index in [4.69, 9.17) is 11.6 Å². The highest BCUT2D eigenvalue weighted by atomic mass is 35.5. The van der Waals surface area contributed by atoms with Crippen molar-refractivity contribution in [2.24, 2.45) is 0 Å². The minimum Gasteiger partial charge on any atom is -0.477 e. The third-order valence-corrected chi connectivity index (χ3v) is 3.66. The van der Waals surface area contributed by atoms with Crippen molar-refractivity contribution >= 4 is 17.6 Å². The van der Waals surface area contributed by atoms with Crippen LogP contribution in [0.4, 0.5) is 0 Å². The van der Waals surface area contributed by atoms with Crippen molar-refractivity contribution in [3.05, 3.63) is 70.9 Å². The zero-order valence-electron chi connectivity index (χ0n) is 11.8. The minimum atomic E-state index is -1.02. The van der Waals surface area contributed by atoms with E-state index in [-0.39, 0.29) is 5.69 Å². The summed E-state index contributed by atoms with van der Waals surface area (Å²) in [5, 5.41) is 14.5. The first-order valence-electron chi connectivity index (χ1n) is 6.71. The summed E-state index contributed by atoms with van der Waals surface area (Å²) in [6, 6.07) is 16.2. The molecule has 3 rings (SSSR count). The van der Waals surface area contributed by atoms with E-state index >= 15 is 0 Å². The number of aryl methyl sites for hydroxylation is 1. The van der Waals surface area contributed by atoms with Crippen molar-refractivity contribution in [3.8, 4) is 16.9 Å². The fraction of sp³-hybridized carbons (Fsp3) is 0.0588. The molecule has 22 heavy (non-hydrogen) atoms. The van der Waals surface area contributed by atoms with Crippen LogP contribution in [0.1, 0.15) is 16.1 Å². The Labute approximate surface area is 132 Å². The standard InChI is InChI=1S/C17H13ClN2O2/c1-11-4-2-3-5-15(11)20-16(17(21)22)10-14(19-20)12-6-8-13(18)9-7-12/h2-10H,1H3,(H,21,22). The third-order valence-electron chi connectivity index (χ3n) is 3.41. The highest BCUT2D eigenvalue weighted by Crippen LogP contribution is 2.24. The average Bonchev–Trinajstić information content (AvgIpc) is 2.93. The average molecular weight is 313 g/mol. The van der Waals surface area contributed by atoms with E-state index in [1.54, 1.807) is 18.2 Å². The van der Waals surface area contributed by atoms with Crippen molar-refractivity contribution in [2.45, 2.75) is 6.92 Å². The van der Waals surface area contributed by atoms with Gasteiger partial charge in [0.25, 0.3) is 0 Å². The van der Waals surface area contributed by atoms with Crippen LogP contribution in [0, 0.1) is 6.92 Å². The molecule has 0 unspecified atom stereocenters. The molecule has 1 heterocycles. The molecule has 5 heteroatoms. The van der Waals surface area contributed by atoms with Gasteiger partial charge < -0.3 is 5.11 Å². The Kier molecular flexibility index (Phi) is 3.69. The second kappa shape index (κ2) is 5.66. The Hall–Kier alpha value is -2.59. The second-order valence-corrected chi connectivity index (χ2v) is 5.36. The van der Waals surface area contributed by atoms with Gasteiger partial charge in [-0.3, -0.25) is 0 Å². The summed E-state index contributed by atoms with van der Waals surface area (Å²) in [6.45, 7) is 1.92. The normalized spacial score (nSPS) is 10.6. The number of para-hydroxylation sites is 1. The Morgan fingerprint density at radius 2 is 1.82 bits per heavy atom. The topological polar surface area (TPSA) is 55.1 Å². The quantitative estimate of drug-likeness (QED) is 0.788. The van der Waals surface area contributed by atoms with Gasteiger partial charge in [0.05, 0.1) is 11.4 Å². The number of hydrogen-bond acceptors (Lipinski definition) is 2. The van der Waals surface area contributed by atoms with Crippen molar-refractivity contribution in [1.29, 1.82) is 0 Å². The van der Waals surface area contributed by atoms with Gasteiger partial charge in [0.1, 0.15) is 0 Å². The number of carboxylic acid groups (broad SMARTS) is 1. The molecule has 0 saturated carbocycles. The highest BCUT2D eigenvalue weighted by Gasteiger charge is 2.17. The van der Waals surface area contributed by atoms with Gasteiger partial charge in [0.15, 0.2) is 5.69 Å². The number of carbonyl (C=O) groups is 1. The summed E-state index contributed by atoms with van der Waals surface area (Å²) >= 11 is 5.88. The molecule has 1 aromatic heterocycles. The number of aromatic nitrogens is 2. The van der Waals surface area contributed by atoms with Crippen LogP contribution in [-0.4, -0.2) is 20.9 Å². The Balaban J connectivity index is 2.17. The molecule has 1 N–H and O–H groups in total. The molecule has 0 fully saturated rings. The van der Waals surface area contributed by atoms with Gasteiger partial charge in [0, 0.05) is 10.6 Å². The molecule has 0 spiro atoms. The molecule has 0 bridgehead atoms. The fourth-order valence-electron chi connectivity index (χ4n) is 2.28. The number of nitrogens with zero attached hydrogens (tertiary/aromatic N) is 2. The summed E-state index contributed by atoms with van der Waals surface area (Å²) in [4.78, 5) is 11.5. The van der Waals surface area contributed by atoms with Crippen molar-refractivity contribution in [1.82, 2.24) is 9.78 Å². The van der Waals surface area contributed by atoms with E-state index in [0.717, 1.165) is 16.8 Å². The van der Waals surface area contributed by atoms with Crippen LogP contribution in [0.3, 0.4) is 0 Å². The smallest absolute Gasteiger partial charge is 0.354 e. The van der Waals surface area contributed by atoms with Crippen molar-refractivity contribution in [3.63, 3.8) is 0 Å². The van der Waals surface area contributed by atoms with E-state index < -0.39 is 5.97 Å². The maximum atomic E-state index is 11.5. The SMILES string of the molecule is Cc1ccccc1-n1nc(-c2ccc(Cl)cc2)cc1C(=O)O. The molecule has 2 aromatic carbocycles. The maximum absolute atomic E-state index is 11.5. The fourth-order valence-corrected chi connectivity index (χ4v) is 2.41. The van der Waals surface area contributed by atoms with Crippen LogP contribution in [0.5, 0.6) is 0 Å². The number of aromatic carboxylic acids is 1. The monoisotopic (exact) mass is 312 g/mol. The van der Waals surface area contributed by atoms with E-state index in [1.165, 1.54) is 4.68 Å². The van der Waals surface area contributed by atoms with Crippen LogP contribution < -0.4 is 0 Å². The number of benzene rings is 2. The molecule has 4 nitrogen and oxygen atoms in total. The molecule has 0 aliphatic carbocycles. The first kappa shape index (κ1) is 14.4. The molecule has 0 aliphatic rings. The van der Waals surface area contributed by atoms with Crippen molar-refractivity contribution < 1.29 is 9.90 Å². The molecule has 0 radical (unpaired) electrons. The molecule has 3 aromatic rings. The maximum Gasteiger partial charge on any atom is 0.354 e. The molecule has 0 amide bonds. The van der Waals surface area contributed by atoms with Gasteiger partial charge in [-0.15, -0.1) is 0 Å². The minimum absolute atomic E-state index is 0.124. The van der Waals surface area contributed by atoms with Crippen LogP contribution in [0.15, 0.2) is 54.6 Å². The van der Waals surface area contributed by atoms with E-state index in [2.05, 4.69) is 5.10 Å². The van der Waals surface area contributed by atoms with Crippen LogP contribution >= 0.6 is 11.6 Å². The van der Waals surface area contributed by atoms with Gasteiger partial charge in [0.2, 0.25) is 0 Å². The van der Waals surface area contributed by atoms with E-state index in [9.17, 15) is 9.90 Å². The third kappa shape index (κ3) is 2.61. The molecule has 0 atom stereocenters. The molecule has 0 saturated heterocycles.